The standard InChI is InChI=1S/C18H22F3N5O3/c1-23-14-10-15(25(2)8-7-22)13(9-16(14)26(28)29)17(27)24-12-5-3-11(4-6-12)18(19,20)21/h9-12,23H,3-6,8H2,1-2H3,(H,24,27). The summed E-state index contributed by atoms with van der Waals surface area (Å²) in [5, 5.41) is 25.7. The Labute approximate surface area is 165 Å². The first-order valence-corrected chi connectivity index (χ1v) is 9.04. The third-order valence-corrected chi connectivity index (χ3v) is 5.07. The van der Waals surface area contributed by atoms with Crippen molar-refractivity contribution in [1.29, 1.82) is 5.26 Å². The third kappa shape index (κ3) is 5.28. The van der Waals surface area contributed by atoms with Crippen molar-refractivity contribution >= 4 is 23.0 Å². The Kier molecular flexibility index (Phi) is 6.89. The first kappa shape index (κ1) is 22.3. The van der Waals surface area contributed by atoms with Crippen molar-refractivity contribution in [3.63, 3.8) is 0 Å². The molecule has 0 bridgehead atoms. The fourth-order valence-corrected chi connectivity index (χ4v) is 3.45. The number of nitrogens with zero attached hydrogens (tertiary/aromatic N) is 3. The van der Waals surface area contributed by atoms with Gasteiger partial charge in [0.15, 0.2) is 0 Å². The summed E-state index contributed by atoms with van der Waals surface area (Å²) in [6.07, 6.45) is -4.04. The van der Waals surface area contributed by atoms with Crippen LogP contribution in [0.25, 0.3) is 0 Å². The number of nitrogens with one attached hydrogen (secondary N) is 2. The number of nitro benzene ring substituents is 1. The average molecular weight is 413 g/mol. The van der Waals surface area contributed by atoms with Crippen molar-refractivity contribution < 1.29 is 22.9 Å². The second kappa shape index (κ2) is 8.98. The van der Waals surface area contributed by atoms with Crippen LogP contribution >= 0.6 is 0 Å². The van der Waals surface area contributed by atoms with E-state index in [0.29, 0.717) is 5.69 Å². The molecule has 0 aliphatic heterocycles. The van der Waals surface area contributed by atoms with Gasteiger partial charge in [0.2, 0.25) is 0 Å². The number of amides is 1. The normalized spacial score (nSPS) is 19.2. The van der Waals surface area contributed by atoms with Crippen LogP contribution in [0.3, 0.4) is 0 Å². The van der Waals surface area contributed by atoms with Gasteiger partial charge in [0.05, 0.1) is 28.2 Å². The molecule has 0 unspecified atom stereocenters. The van der Waals surface area contributed by atoms with Gasteiger partial charge in [-0.2, -0.15) is 18.4 Å². The molecule has 0 saturated heterocycles. The highest BCUT2D eigenvalue weighted by Gasteiger charge is 2.41. The van der Waals surface area contributed by atoms with E-state index in [1.165, 1.54) is 18.0 Å². The summed E-state index contributed by atoms with van der Waals surface area (Å²) in [5.41, 5.74) is 0.166. The predicted octanol–water partition coefficient (Wildman–Crippen LogP) is 3.45. The molecule has 1 aliphatic rings. The predicted molar refractivity (Wildman–Crippen MR) is 101 cm³/mol. The molecule has 0 heterocycles. The Morgan fingerprint density at radius 1 is 1.34 bits per heavy atom. The number of hydrogen-bond donors (Lipinski definition) is 2. The van der Waals surface area contributed by atoms with E-state index in [4.69, 9.17) is 5.26 Å². The van der Waals surface area contributed by atoms with E-state index in [1.807, 2.05) is 6.07 Å². The Balaban J connectivity index is 2.27. The Bertz CT molecular complexity index is 814. The van der Waals surface area contributed by atoms with Gasteiger partial charge in [-0.05, 0) is 31.7 Å². The minimum atomic E-state index is -4.24. The molecule has 0 radical (unpaired) electrons. The molecule has 0 aromatic heterocycles. The first-order valence-electron chi connectivity index (χ1n) is 9.04. The molecule has 0 spiro atoms. The average Bonchev–Trinajstić information content (AvgIpc) is 2.66. The summed E-state index contributed by atoms with van der Waals surface area (Å²) in [5.74, 6) is -1.99. The van der Waals surface area contributed by atoms with Gasteiger partial charge in [-0.1, -0.05) is 0 Å². The van der Waals surface area contributed by atoms with Crippen LogP contribution in [0.4, 0.5) is 30.2 Å². The number of carbonyl (C=O) groups is 1. The topological polar surface area (TPSA) is 111 Å². The van der Waals surface area contributed by atoms with E-state index in [1.54, 1.807) is 7.05 Å². The van der Waals surface area contributed by atoms with Crippen LogP contribution in [-0.2, 0) is 0 Å². The van der Waals surface area contributed by atoms with Crippen molar-refractivity contribution in [2.75, 3.05) is 30.9 Å². The lowest BCUT2D eigenvalue weighted by atomic mass is 9.85. The third-order valence-electron chi connectivity index (χ3n) is 5.07. The molecule has 1 amide bonds. The van der Waals surface area contributed by atoms with E-state index >= 15 is 0 Å². The zero-order valence-corrected chi connectivity index (χ0v) is 16.0. The summed E-state index contributed by atoms with van der Waals surface area (Å²) in [6.45, 7) is -0.0576. The van der Waals surface area contributed by atoms with Crippen LogP contribution in [0.1, 0.15) is 36.0 Å². The maximum atomic E-state index is 12.8. The van der Waals surface area contributed by atoms with Gasteiger partial charge in [-0.3, -0.25) is 14.9 Å². The molecule has 1 aliphatic carbocycles. The van der Waals surface area contributed by atoms with Crippen LogP contribution in [0, 0.1) is 27.4 Å². The second-order valence-corrected chi connectivity index (χ2v) is 6.97. The number of halogens is 3. The molecular formula is C18H22F3N5O3. The van der Waals surface area contributed by atoms with Gasteiger partial charge in [0.25, 0.3) is 11.6 Å². The fraction of sp³-hybridized carbons (Fsp3) is 0.556. The molecular weight excluding hydrogens is 391 g/mol. The number of carbonyl (C=O) groups excluding carboxylic acids is 1. The van der Waals surface area contributed by atoms with Crippen molar-refractivity contribution in [3.8, 4) is 6.07 Å². The van der Waals surface area contributed by atoms with E-state index in [-0.39, 0.29) is 49.2 Å². The zero-order valence-electron chi connectivity index (χ0n) is 16.0. The van der Waals surface area contributed by atoms with E-state index in [2.05, 4.69) is 10.6 Å². The van der Waals surface area contributed by atoms with Crippen molar-refractivity contribution in [3.05, 3.63) is 27.8 Å². The monoisotopic (exact) mass is 413 g/mol. The van der Waals surface area contributed by atoms with Gasteiger partial charge in [-0.15, -0.1) is 0 Å². The molecule has 1 aromatic rings. The second-order valence-electron chi connectivity index (χ2n) is 6.97. The van der Waals surface area contributed by atoms with E-state index < -0.39 is 29.0 Å². The molecule has 8 nitrogen and oxygen atoms in total. The summed E-state index contributed by atoms with van der Waals surface area (Å²) < 4.78 is 38.4. The Morgan fingerprint density at radius 3 is 2.45 bits per heavy atom. The Hall–Kier alpha value is -3.03. The quantitative estimate of drug-likeness (QED) is 0.420. The number of nitro groups is 1. The number of hydrogen-bond acceptors (Lipinski definition) is 6. The molecule has 2 rings (SSSR count). The van der Waals surface area contributed by atoms with Crippen molar-refractivity contribution in [1.82, 2.24) is 5.32 Å². The molecule has 1 saturated carbocycles. The van der Waals surface area contributed by atoms with Gasteiger partial charge in [-0.25, -0.2) is 0 Å². The number of benzene rings is 1. The van der Waals surface area contributed by atoms with Gasteiger partial charge >= 0.3 is 6.18 Å². The molecule has 2 N–H and O–H groups in total. The molecule has 29 heavy (non-hydrogen) atoms. The minimum Gasteiger partial charge on any atom is -0.383 e. The summed E-state index contributed by atoms with van der Waals surface area (Å²) in [7, 11) is 3.06. The summed E-state index contributed by atoms with van der Waals surface area (Å²) in [4.78, 5) is 25.0. The number of alkyl halides is 3. The largest absolute Gasteiger partial charge is 0.391 e. The van der Waals surface area contributed by atoms with Gasteiger partial charge < -0.3 is 15.5 Å². The molecule has 11 heteroatoms. The van der Waals surface area contributed by atoms with Crippen molar-refractivity contribution in [2.45, 2.75) is 37.9 Å². The van der Waals surface area contributed by atoms with Gasteiger partial charge in [0.1, 0.15) is 12.2 Å². The lowest BCUT2D eigenvalue weighted by Gasteiger charge is -2.30. The van der Waals surface area contributed by atoms with Crippen LogP contribution in [0.2, 0.25) is 0 Å². The highest BCUT2D eigenvalue weighted by Crippen LogP contribution is 2.38. The summed E-state index contributed by atoms with van der Waals surface area (Å²) >= 11 is 0. The minimum absolute atomic E-state index is 0.00797. The van der Waals surface area contributed by atoms with E-state index in [9.17, 15) is 28.1 Å². The molecule has 1 fully saturated rings. The lowest BCUT2D eigenvalue weighted by molar-refractivity contribution is -0.383. The van der Waals surface area contributed by atoms with Crippen LogP contribution in [0.5, 0.6) is 0 Å². The lowest BCUT2D eigenvalue weighted by Crippen LogP contribution is -2.40. The first-order chi connectivity index (χ1) is 13.6. The fourth-order valence-electron chi connectivity index (χ4n) is 3.45. The number of nitriles is 1. The Morgan fingerprint density at radius 2 is 1.97 bits per heavy atom. The van der Waals surface area contributed by atoms with Crippen LogP contribution < -0.4 is 15.5 Å². The van der Waals surface area contributed by atoms with E-state index in [0.717, 1.165) is 6.07 Å². The zero-order chi connectivity index (χ0) is 21.8. The highest BCUT2D eigenvalue weighted by molar-refractivity contribution is 6.02. The maximum absolute atomic E-state index is 12.8. The highest BCUT2D eigenvalue weighted by atomic mass is 19.4. The molecule has 1 aromatic carbocycles. The van der Waals surface area contributed by atoms with Gasteiger partial charge in [0, 0.05) is 26.2 Å². The summed E-state index contributed by atoms with van der Waals surface area (Å²) in [6, 6.07) is 4.02. The van der Waals surface area contributed by atoms with Crippen LogP contribution in [-0.4, -0.2) is 43.7 Å². The number of rotatable bonds is 6. The molecule has 0 atom stereocenters. The van der Waals surface area contributed by atoms with Crippen LogP contribution in [0.15, 0.2) is 12.1 Å². The molecule has 158 valence electrons. The maximum Gasteiger partial charge on any atom is 0.391 e. The van der Waals surface area contributed by atoms with Crippen molar-refractivity contribution in [2.24, 2.45) is 5.92 Å². The SMILES string of the molecule is CNc1cc(N(C)CC#N)c(C(=O)NC2CCC(C(F)(F)F)CC2)cc1[N+](=O)[O-]. The smallest absolute Gasteiger partial charge is 0.383 e. The number of anilines is 2.